The van der Waals surface area contributed by atoms with Crippen LogP contribution in [-0.2, 0) is 4.79 Å². The maximum Gasteiger partial charge on any atom is 0.270 e. The zero-order valence-corrected chi connectivity index (χ0v) is 16.1. The highest BCUT2D eigenvalue weighted by Crippen LogP contribution is 2.33. The van der Waals surface area contributed by atoms with E-state index in [1.807, 2.05) is 0 Å². The second-order valence-electron chi connectivity index (χ2n) is 5.75. The van der Waals surface area contributed by atoms with E-state index in [0.717, 1.165) is 0 Å². The second-order valence-corrected chi connectivity index (χ2v) is 6.61. The van der Waals surface area contributed by atoms with Crippen LogP contribution >= 0.6 is 15.9 Å². The molecule has 144 valence electrons. The van der Waals surface area contributed by atoms with E-state index in [1.54, 1.807) is 18.2 Å². The largest absolute Gasteiger partial charge is 0.457 e. The number of nitriles is 1. The van der Waals surface area contributed by atoms with Crippen molar-refractivity contribution in [1.29, 1.82) is 5.26 Å². The molecule has 0 bridgehead atoms. The first kappa shape index (κ1) is 20.0. The second kappa shape index (κ2) is 8.50. The topological polar surface area (TPSA) is 109 Å². The molecule has 3 rings (SSSR count). The Morgan fingerprint density at radius 2 is 1.93 bits per heavy atom. The SMILES string of the molecule is N#C/C(=C/c1ccc(-c2ccc([N+](=O)[O-])cc2Br)o1)C(=O)Nc1ccc(F)cc1. The smallest absolute Gasteiger partial charge is 0.270 e. The van der Waals surface area contributed by atoms with E-state index >= 15 is 0 Å². The first-order valence-electron chi connectivity index (χ1n) is 8.10. The first-order chi connectivity index (χ1) is 13.9. The van der Waals surface area contributed by atoms with Gasteiger partial charge in [-0.15, -0.1) is 0 Å². The van der Waals surface area contributed by atoms with Crippen LogP contribution < -0.4 is 5.32 Å². The third-order valence-corrected chi connectivity index (χ3v) is 4.47. The molecule has 0 saturated heterocycles. The number of nitrogens with one attached hydrogen (secondary N) is 1. The lowest BCUT2D eigenvalue weighted by Crippen LogP contribution is -2.13. The van der Waals surface area contributed by atoms with Gasteiger partial charge in [-0.1, -0.05) is 0 Å². The lowest BCUT2D eigenvalue weighted by Gasteiger charge is -2.03. The van der Waals surface area contributed by atoms with Crippen LogP contribution in [0.25, 0.3) is 17.4 Å². The average molecular weight is 456 g/mol. The Hall–Kier alpha value is -3.77. The minimum Gasteiger partial charge on any atom is -0.457 e. The summed E-state index contributed by atoms with van der Waals surface area (Å²) in [7, 11) is 0. The van der Waals surface area contributed by atoms with Gasteiger partial charge in [0, 0.05) is 33.9 Å². The van der Waals surface area contributed by atoms with E-state index < -0.39 is 16.6 Å². The molecule has 0 aliphatic heterocycles. The summed E-state index contributed by atoms with van der Waals surface area (Å²) < 4.78 is 19.0. The van der Waals surface area contributed by atoms with Crippen LogP contribution in [-0.4, -0.2) is 10.8 Å². The van der Waals surface area contributed by atoms with Gasteiger partial charge in [0.05, 0.1) is 4.92 Å². The van der Waals surface area contributed by atoms with Gasteiger partial charge >= 0.3 is 0 Å². The molecule has 0 atom stereocenters. The van der Waals surface area contributed by atoms with Crippen molar-refractivity contribution in [3.8, 4) is 17.4 Å². The number of hydrogen-bond acceptors (Lipinski definition) is 5. The normalized spacial score (nSPS) is 11.0. The minimum absolute atomic E-state index is 0.0727. The predicted octanol–water partition coefficient (Wildman–Crippen LogP) is 5.30. The average Bonchev–Trinajstić information content (AvgIpc) is 3.16. The zero-order valence-electron chi connectivity index (χ0n) is 14.6. The van der Waals surface area contributed by atoms with Gasteiger partial charge in [-0.2, -0.15) is 5.26 Å². The number of nitrogens with zero attached hydrogens (tertiary/aromatic N) is 2. The number of carbonyl (C=O) groups is 1. The predicted molar refractivity (Wildman–Crippen MR) is 107 cm³/mol. The van der Waals surface area contributed by atoms with Crippen LogP contribution in [0.4, 0.5) is 15.8 Å². The molecule has 3 aromatic rings. The number of carbonyl (C=O) groups excluding carboxylic acids is 1. The van der Waals surface area contributed by atoms with Crippen molar-refractivity contribution in [2.24, 2.45) is 0 Å². The number of nitro benzene ring substituents is 1. The molecule has 1 amide bonds. The number of hydrogen-bond donors (Lipinski definition) is 1. The lowest BCUT2D eigenvalue weighted by molar-refractivity contribution is -0.384. The highest BCUT2D eigenvalue weighted by Gasteiger charge is 2.15. The number of benzene rings is 2. The molecule has 0 unspecified atom stereocenters. The molecule has 1 N–H and O–H groups in total. The molecule has 9 heteroatoms. The number of amides is 1. The summed E-state index contributed by atoms with van der Waals surface area (Å²) in [6, 6.07) is 14.3. The fourth-order valence-corrected chi connectivity index (χ4v) is 2.98. The number of furan rings is 1. The number of non-ortho nitro benzene ring substituents is 1. The summed E-state index contributed by atoms with van der Waals surface area (Å²) in [5.74, 6) is -0.474. The number of anilines is 1. The Labute approximate surface area is 172 Å². The van der Waals surface area contributed by atoms with Gasteiger partial charge in [-0.25, -0.2) is 4.39 Å². The van der Waals surface area contributed by atoms with Crippen molar-refractivity contribution in [3.05, 3.63) is 86.3 Å². The van der Waals surface area contributed by atoms with E-state index in [1.165, 1.54) is 48.5 Å². The Bertz CT molecular complexity index is 1160. The number of halogens is 2. The Balaban J connectivity index is 1.82. The van der Waals surface area contributed by atoms with E-state index in [-0.39, 0.29) is 17.0 Å². The van der Waals surface area contributed by atoms with Gasteiger partial charge in [0.25, 0.3) is 11.6 Å². The Morgan fingerprint density at radius 1 is 1.21 bits per heavy atom. The molecule has 1 heterocycles. The van der Waals surface area contributed by atoms with Gasteiger partial charge in [-0.05, 0) is 58.4 Å². The molecule has 7 nitrogen and oxygen atoms in total. The van der Waals surface area contributed by atoms with Crippen LogP contribution in [0.5, 0.6) is 0 Å². The fourth-order valence-electron chi connectivity index (χ4n) is 2.42. The molecule has 0 aliphatic carbocycles. The lowest BCUT2D eigenvalue weighted by atomic mass is 10.1. The molecule has 0 fully saturated rings. The van der Waals surface area contributed by atoms with Gasteiger partial charge < -0.3 is 9.73 Å². The van der Waals surface area contributed by atoms with Crippen molar-refractivity contribution in [1.82, 2.24) is 0 Å². The molecule has 2 aromatic carbocycles. The highest BCUT2D eigenvalue weighted by atomic mass is 79.9. The first-order valence-corrected chi connectivity index (χ1v) is 8.89. The Kier molecular flexibility index (Phi) is 5.85. The van der Waals surface area contributed by atoms with Gasteiger partial charge in [0.2, 0.25) is 0 Å². The molecular formula is C20H11BrFN3O4. The van der Waals surface area contributed by atoms with E-state index in [9.17, 15) is 24.6 Å². The van der Waals surface area contributed by atoms with Crippen molar-refractivity contribution < 1.29 is 18.5 Å². The van der Waals surface area contributed by atoms with Gasteiger partial charge in [0.15, 0.2) is 0 Å². The molecular weight excluding hydrogens is 445 g/mol. The van der Waals surface area contributed by atoms with Crippen molar-refractivity contribution in [2.75, 3.05) is 5.32 Å². The summed E-state index contributed by atoms with van der Waals surface area (Å²) in [4.78, 5) is 22.6. The Morgan fingerprint density at radius 3 is 2.55 bits per heavy atom. The zero-order chi connectivity index (χ0) is 21.0. The van der Waals surface area contributed by atoms with Crippen molar-refractivity contribution in [3.63, 3.8) is 0 Å². The fraction of sp³-hybridized carbons (Fsp3) is 0. The van der Waals surface area contributed by atoms with Gasteiger partial charge in [0.1, 0.15) is 29.0 Å². The summed E-state index contributed by atoms with van der Waals surface area (Å²) in [6.07, 6.45) is 1.27. The maximum atomic E-state index is 12.9. The monoisotopic (exact) mass is 455 g/mol. The number of nitro groups is 1. The maximum absolute atomic E-state index is 12.9. The van der Waals surface area contributed by atoms with Crippen molar-refractivity contribution >= 4 is 39.3 Å². The molecule has 0 spiro atoms. The molecule has 0 aliphatic rings. The van der Waals surface area contributed by atoms with Crippen LogP contribution in [0.1, 0.15) is 5.76 Å². The van der Waals surface area contributed by atoms with Gasteiger partial charge in [-0.3, -0.25) is 14.9 Å². The number of rotatable bonds is 5. The van der Waals surface area contributed by atoms with E-state index in [0.29, 0.717) is 21.5 Å². The standard InChI is InChI=1S/C20H11BrFN3O4/c21-18-10-15(25(27)28)5-7-17(18)19-8-6-16(29-19)9-12(11-23)20(26)24-14-3-1-13(22)2-4-14/h1-10H,(H,24,26)/b12-9-. The minimum atomic E-state index is -0.673. The van der Waals surface area contributed by atoms with Crippen molar-refractivity contribution in [2.45, 2.75) is 0 Å². The quantitative estimate of drug-likeness (QED) is 0.243. The summed E-state index contributed by atoms with van der Waals surface area (Å²) >= 11 is 3.27. The summed E-state index contributed by atoms with van der Waals surface area (Å²) in [6.45, 7) is 0. The third kappa shape index (κ3) is 4.75. The van der Waals surface area contributed by atoms with E-state index in [4.69, 9.17) is 4.42 Å². The van der Waals surface area contributed by atoms with Crippen LogP contribution in [0.15, 0.2) is 69.1 Å². The van der Waals surface area contributed by atoms with Crippen LogP contribution in [0.2, 0.25) is 0 Å². The third-order valence-electron chi connectivity index (χ3n) is 3.81. The van der Waals surface area contributed by atoms with E-state index in [2.05, 4.69) is 21.2 Å². The van der Waals surface area contributed by atoms with Crippen LogP contribution in [0, 0.1) is 27.3 Å². The summed E-state index contributed by atoms with van der Waals surface area (Å²) in [5, 5.41) is 22.6. The highest BCUT2D eigenvalue weighted by molar-refractivity contribution is 9.10. The van der Waals surface area contributed by atoms with Crippen LogP contribution in [0.3, 0.4) is 0 Å². The summed E-state index contributed by atoms with van der Waals surface area (Å²) in [5.41, 5.74) is 0.631. The molecule has 1 aromatic heterocycles. The molecule has 0 saturated carbocycles. The molecule has 29 heavy (non-hydrogen) atoms. The molecule has 0 radical (unpaired) electrons.